The van der Waals surface area contributed by atoms with Crippen molar-refractivity contribution in [3.8, 4) is 0 Å². The average Bonchev–Trinajstić information content (AvgIpc) is 2.98. The molecule has 0 saturated heterocycles. The Bertz CT molecular complexity index is 863. The molecule has 0 unspecified atom stereocenters. The molecule has 1 aliphatic rings. The molecule has 3 aromatic rings. The lowest BCUT2D eigenvalue weighted by molar-refractivity contribution is 0.420. The molecule has 2 nitrogen and oxygen atoms in total. The van der Waals surface area contributed by atoms with Gasteiger partial charge in [0, 0.05) is 12.5 Å². The van der Waals surface area contributed by atoms with Gasteiger partial charge in [0.25, 0.3) is 0 Å². The fourth-order valence-electron chi connectivity index (χ4n) is 3.75. The zero-order valence-corrected chi connectivity index (χ0v) is 15.0. The summed E-state index contributed by atoms with van der Waals surface area (Å²) >= 11 is 12.3. The van der Waals surface area contributed by atoms with E-state index in [0.717, 1.165) is 17.6 Å². The van der Waals surface area contributed by atoms with Crippen LogP contribution in [0.1, 0.15) is 49.4 Å². The molecule has 2 aromatic carbocycles. The van der Waals surface area contributed by atoms with Crippen molar-refractivity contribution < 1.29 is 0 Å². The fraction of sp³-hybridized carbons (Fsp3) is 0.350. The molecule has 4 heteroatoms. The van der Waals surface area contributed by atoms with Gasteiger partial charge < -0.3 is 4.57 Å². The lowest BCUT2D eigenvalue weighted by Crippen LogP contribution is -2.13. The van der Waals surface area contributed by atoms with Gasteiger partial charge in [-0.3, -0.25) is 0 Å². The maximum Gasteiger partial charge on any atom is 0.113 e. The van der Waals surface area contributed by atoms with Gasteiger partial charge in [0.2, 0.25) is 0 Å². The topological polar surface area (TPSA) is 17.8 Å². The summed E-state index contributed by atoms with van der Waals surface area (Å²) in [5.41, 5.74) is 3.44. The van der Waals surface area contributed by atoms with E-state index >= 15 is 0 Å². The van der Waals surface area contributed by atoms with Gasteiger partial charge in [-0.05, 0) is 42.7 Å². The summed E-state index contributed by atoms with van der Waals surface area (Å²) in [6, 6.07) is 14.3. The van der Waals surface area contributed by atoms with Crippen molar-refractivity contribution in [1.82, 2.24) is 9.55 Å². The number of hydrogen-bond donors (Lipinski definition) is 0. The highest BCUT2D eigenvalue weighted by Crippen LogP contribution is 2.34. The average molecular weight is 359 g/mol. The Labute approximate surface area is 152 Å². The quantitative estimate of drug-likeness (QED) is 0.526. The van der Waals surface area contributed by atoms with Crippen molar-refractivity contribution in [2.45, 2.75) is 44.6 Å². The molecule has 0 spiro atoms. The van der Waals surface area contributed by atoms with Crippen LogP contribution in [0.25, 0.3) is 11.0 Å². The number of halogens is 2. The highest BCUT2D eigenvalue weighted by atomic mass is 35.5. The molecule has 0 N–H and O–H groups in total. The summed E-state index contributed by atoms with van der Waals surface area (Å²) in [6.45, 7) is 0.781. The molecule has 0 atom stereocenters. The zero-order chi connectivity index (χ0) is 16.5. The molecule has 24 heavy (non-hydrogen) atoms. The molecule has 1 aromatic heterocycles. The third-order valence-electron chi connectivity index (χ3n) is 4.98. The Kier molecular flexibility index (Phi) is 4.51. The maximum atomic E-state index is 6.20. The van der Waals surface area contributed by atoms with Crippen LogP contribution in [0.2, 0.25) is 10.0 Å². The predicted molar refractivity (Wildman–Crippen MR) is 101 cm³/mol. The van der Waals surface area contributed by atoms with E-state index < -0.39 is 0 Å². The van der Waals surface area contributed by atoms with E-state index in [4.69, 9.17) is 28.2 Å². The first-order valence-electron chi connectivity index (χ1n) is 8.61. The summed E-state index contributed by atoms with van der Waals surface area (Å²) in [5.74, 6) is 1.79. The van der Waals surface area contributed by atoms with Crippen LogP contribution in [0.3, 0.4) is 0 Å². The largest absolute Gasteiger partial charge is 0.323 e. The number of fused-ring (bicyclic) bond motifs is 1. The first-order chi connectivity index (χ1) is 11.7. The normalized spacial score (nSPS) is 15.9. The van der Waals surface area contributed by atoms with Crippen LogP contribution < -0.4 is 0 Å². The van der Waals surface area contributed by atoms with Crippen molar-refractivity contribution in [2.24, 2.45) is 0 Å². The van der Waals surface area contributed by atoms with Gasteiger partial charge in [-0.1, -0.05) is 60.7 Å². The minimum Gasteiger partial charge on any atom is -0.323 e. The summed E-state index contributed by atoms with van der Waals surface area (Å²) in [6.07, 6.45) is 6.44. The van der Waals surface area contributed by atoms with Crippen molar-refractivity contribution >= 4 is 34.2 Å². The van der Waals surface area contributed by atoms with Crippen LogP contribution in [-0.2, 0) is 6.54 Å². The van der Waals surface area contributed by atoms with Crippen LogP contribution in [0.15, 0.2) is 42.5 Å². The molecule has 1 saturated carbocycles. The number of benzene rings is 2. The van der Waals surface area contributed by atoms with E-state index in [9.17, 15) is 0 Å². The van der Waals surface area contributed by atoms with Crippen molar-refractivity contribution in [2.75, 3.05) is 0 Å². The molecule has 0 radical (unpaired) electrons. The summed E-state index contributed by atoms with van der Waals surface area (Å²) in [5, 5.41) is 1.21. The van der Waals surface area contributed by atoms with Crippen molar-refractivity contribution in [3.05, 3.63) is 63.9 Å². The molecule has 124 valence electrons. The smallest absolute Gasteiger partial charge is 0.113 e. The molecular formula is C20H20Cl2N2. The predicted octanol–water partition coefficient (Wildman–Crippen LogP) is 6.44. The Hall–Kier alpha value is -1.51. The zero-order valence-electron chi connectivity index (χ0n) is 13.5. The van der Waals surface area contributed by atoms with E-state index in [1.807, 2.05) is 18.2 Å². The lowest BCUT2D eigenvalue weighted by atomic mass is 9.88. The number of rotatable bonds is 3. The Morgan fingerprint density at radius 3 is 2.54 bits per heavy atom. The van der Waals surface area contributed by atoms with E-state index in [2.05, 4.69) is 28.8 Å². The first-order valence-corrected chi connectivity index (χ1v) is 9.37. The van der Waals surface area contributed by atoms with Gasteiger partial charge in [0.15, 0.2) is 0 Å². The van der Waals surface area contributed by atoms with Gasteiger partial charge in [0.1, 0.15) is 5.82 Å². The van der Waals surface area contributed by atoms with E-state index in [1.54, 1.807) is 0 Å². The second-order valence-electron chi connectivity index (χ2n) is 6.63. The third-order valence-corrected chi connectivity index (χ3v) is 5.72. The fourth-order valence-corrected chi connectivity index (χ4v) is 4.07. The highest BCUT2D eigenvalue weighted by molar-refractivity contribution is 6.42. The molecule has 1 fully saturated rings. The first kappa shape index (κ1) is 16.0. The molecule has 0 amide bonds. The van der Waals surface area contributed by atoms with Gasteiger partial charge >= 0.3 is 0 Å². The summed E-state index contributed by atoms with van der Waals surface area (Å²) in [4.78, 5) is 4.98. The summed E-state index contributed by atoms with van der Waals surface area (Å²) in [7, 11) is 0. The molecule has 0 bridgehead atoms. The van der Waals surface area contributed by atoms with Crippen LogP contribution in [0.5, 0.6) is 0 Å². The van der Waals surface area contributed by atoms with Crippen molar-refractivity contribution in [1.29, 1.82) is 0 Å². The lowest BCUT2D eigenvalue weighted by Gasteiger charge is -2.22. The van der Waals surface area contributed by atoms with Crippen LogP contribution >= 0.6 is 23.2 Å². The number of para-hydroxylation sites is 2. The number of aromatic nitrogens is 2. The van der Waals surface area contributed by atoms with Gasteiger partial charge in [-0.25, -0.2) is 4.98 Å². The van der Waals surface area contributed by atoms with Gasteiger partial charge in [-0.2, -0.15) is 0 Å². The highest BCUT2D eigenvalue weighted by Gasteiger charge is 2.22. The Morgan fingerprint density at radius 1 is 0.958 bits per heavy atom. The Balaban J connectivity index is 1.78. The second kappa shape index (κ2) is 6.78. The minimum atomic E-state index is 0.564. The SMILES string of the molecule is Clc1ccc(Cn2c(C3CCCCC3)nc3ccccc32)cc1Cl. The molecule has 1 aliphatic carbocycles. The molecular weight excluding hydrogens is 339 g/mol. The number of nitrogens with zero attached hydrogens (tertiary/aromatic N) is 2. The van der Waals surface area contributed by atoms with Crippen LogP contribution in [-0.4, -0.2) is 9.55 Å². The monoisotopic (exact) mass is 358 g/mol. The minimum absolute atomic E-state index is 0.564. The van der Waals surface area contributed by atoms with E-state index in [-0.39, 0.29) is 0 Å². The molecule has 1 heterocycles. The molecule has 4 rings (SSSR count). The van der Waals surface area contributed by atoms with Gasteiger partial charge in [0.05, 0.1) is 21.1 Å². The van der Waals surface area contributed by atoms with E-state index in [1.165, 1.54) is 43.4 Å². The number of hydrogen-bond acceptors (Lipinski definition) is 1. The summed E-state index contributed by atoms with van der Waals surface area (Å²) < 4.78 is 2.37. The Morgan fingerprint density at radius 2 is 1.75 bits per heavy atom. The van der Waals surface area contributed by atoms with Gasteiger partial charge in [-0.15, -0.1) is 0 Å². The second-order valence-corrected chi connectivity index (χ2v) is 7.44. The van der Waals surface area contributed by atoms with E-state index in [0.29, 0.717) is 16.0 Å². The van der Waals surface area contributed by atoms with Crippen molar-refractivity contribution in [3.63, 3.8) is 0 Å². The molecule has 0 aliphatic heterocycles. The number of imidazole rings is 1. The maximum absolute atomic E-state index is 6.20. The van der Waals surface area contributed by atoms with Crippen LogP contribution in [0, 0.1) is 0 Å². The van der Waals surface area contributed by atoms with Crippen LogP contribution in [0.4, 0.5) is 0 Å². The third kappa shape index (κ3) is 3.05. The standard InChI is InChI=1S/C20H20Cl2N2/c21-16-11-10-14(12-17(16)22)13-24-19-9-5-4-8-18(19)23-20(24)15-6-2-1-3-7-15/h4-5,8-12,15H,1-3,6-7,13H2.